The van der Waals surface area contributed by atoms with Gasteiger partial charge in [-0.2, -0.15) is 5.26 Å². The Kier molecular flexibility index (Phi) is 3.71. The zero-order valence-corrected chi connectivity index (χ0v) is 10.8. The van der Waals surface area contributed by atoms with Gasteiger partial charge in [-0.15, -0.1) is 0 Å². The number of nitrogen functional groups attached to an aromatic ring is 1. The van der Waals surface area contributed by atoms with Crippen molar-refractivity contribution < 1.29 is 0 Å². The molecule has 3 nitrogen and oxygen atoms in total. The standard InChI is InChI=1S/C13H9Cl2N3/c14-8-1-3-11(15)10(7-8)9-2-4-13(17)18-12(9)5-6-16/h1-4,7H,5H2,(H2,17,18). The Morgan fingerprint density at radius 1 is 1.17 bits per heavy atom. The molecule has 0 aliphatic carbocycles. The maximum atomic E-state index is 8.82. The quantitative estimate of drug-likeness (QED) is 0.910. The number of halogens is 2. The molecule has 5 heteroatoms. The summed E-state index contributed by atoms with van der Waals surface area (Å²) in [6.07, 6.45) is 0.170. The van der Waals surface area contributed by atoms with Gasteiger partial charge in [0.25, 0.3) is 0 Å². The molecule has 90 valence electrons. The van der Waals surface area contributed by atoms with Gasteiger partial charge in [-0.3, -0.25) is 0 Å². The number of nitrogens with zero attached hydrogens (tertiary/aromatic N) is 2. The molecule has 2 aromatic rings. The maximum Gasteiger partial charge on any atom is 0.123 e. The number of pyridine rings is 1. The van der Waals surface area contributed by atoms with Crippen molar-refractivity contribution >= 4 is 29.0 Å². The Labute approximate surface area is 115 Å². The lowest BCUT2D eigenvalue weighted by Crippen LogP contribution is -1.98. The molecule has 0 saturated carbocycles. The second-order valence-corrected chi connectivity index (χ2v) is 4.53. The highest BCUT2D eigenvalue weighted by Crippen LogP contribution is 2.32. The number of benzene rings is 1. The van der Waals surface area contributed by atoms with Crippen LogP contribution in [0.4, 0.5) is 5.82 Å². The van der Waals surface area contributed by atoms with Crippen LogP contribution in [-0.2, 0) is 6.42 Å². The minimum atomic E-state index is 0.170. The van der Waals surface area contributed by atoms with Crippen molar-refractivity contribution in [3.63, 3.8) is 0 Å². The van der Waals surface area contributed by atoms with Crippen LogP contribution in [0.1, 0.15) is 5.69 Å². The Bertz CT molecular complexity index is 633. The molecular weight excluding hydrogens is 269 g/mol. The number of nitrogens with two attached hydrogens (primary N) is 1. The fourth-order valence-corrected chi connectivity index (χ4v) is 2.07. The highest BCUT2D eigenvalue weighted by atomic mass is 35.5. The van der Waals surface area contributed by atoms with Crippen molar-refractivity contribution in [2.75, 3.05) is 5.73 Å². The molecule has 0 aliphatic rings. The largest absolute Gasteiger partial charge is 0.384 e. The van der Waals surface area contributed by atoms with E-state index in [2.05, 4.69) is 11.1 Å². The number of hydrogen-bond donors (Lipinski definition) is 1. The van der Waals surface area contributed by atoms with Crippen molar-refractivity contribution in [2.24, 2.45) is 0 Å². The summed E-state index contributed by atoms with van der Waals surface area (Å²) in [5.41, 5.74) is 7.75. The lowest BCUT2D eigenvalue weighted by atomic mass is 10.0. The molecule has 1 aromatic heterocycles. The summed E-state index contributed by atoms with van der Waals surface area (Å²) in [6.45, 7) is 0. The van der Waals surface area contributed by atoms with E-state index < -0.39 is 0 Å². The molecule has 0 saturated heterocycles. The van der Waals surface area contributed by atoms with E-state index in [4.69, 9.17) is 34.2 Å². The molecule has 0 fully saturated rings. The van der Waals surface area contributed by atoms with Crippen LogP contribution in [0, 0.1) is 11.3 Å². The third-order valence-electron chi connectivity index (χ3n) is 2.46. The van der Waals surface area contributed by atoms with Crippen molar-refractivity contribution in [1.29, 1.82) is 5.26 Å². The Hall–Kier alpha value is -1.76. The topological polar surface area (TPSA) is 62.7 Å². The van der Waals surface area contributed by atoms with Crippen LogP contribution in [0.3, 0.4) is 0 Å². The Morgan fingerprint density at radius 2 is 1.94 bits per heavy atom. The van der Waals surface area contributed by atoms with Crippen molar-refractivity contribution in [2.45, 2.75) is 6.42 Å². The van der Waals surface area contributed by atoms with E-state index in [9.17, 15) is 0 Å². The van der Waals surface area contributed by atoms with E-state index in [0.29, 0.717) is 21.6 Å². The van der Waals surface area contributed by atoms with Gasteiger partial charge in [0.1, 0.15) is 5.82 Å². The van der Waals surface area contributed by atoms with Crippen molar-refractivity contribution in [3.05, 3.63) is 46.1 Å². The second-order valence-electron chi connectivity index (χ2n) is 3.69. The van der Waals surface area contributed by atoms with Crippen LogP contribution in [0.5, 0.6) is 0 Å². The van der Waals surface area contributed by atoms with E-state index in [1.807, 2.05) is 0 Å². The molecule has 1 heterocycles. The number of hydrogen-bond acceptors (Lipinski definition) is 3. The summed E-state index contributed by atoms with van der Waals surface area (Å²) in [7, 11) is 0. The first-order valence-corrected chi connectivity index (χ1v) is 5.95. The second kappa shape index (κ2) is 5.26. The van der Waals surface area contributed by atoms with Crippen LogP contribution in [0.15, 0.2) is 30.3 Å². The van der Waals surface area contributed by atoms with Crippen LogP contribution in [0.2, 0.25) is 10.0 Å². The molecule has 0 unspecified atom stereocenters. The molecule has 0 radical (unpaired) electrons. The number of aromatic nitrogens is 1. The highest BCUT2D eigenvalue weighted by Gasteiger charge is 2.11. The van der Waals surface area contributed by atoms with E-state index in [0.717, 1.165) is 11.1 Å². The monoisotopic (exact) mass is 277 g/mol. The maximum absolute atomic E-state index is 8.82. The number of rotatable bonds is 2. The molecule has 1 aromatic carbocycles. The Balaban J connectivity index is 2.63. The van der Waals surface area contributed by atoms with Crippen molar-refractivity contribution in [3.8, 4) is 17.2 Å². The molecule has 0 aliphatic heterocycles. The van der Waals surface area contributed by atoms with Gasteiger partial charge in [0.2, 0.25) is 0 Å². The zero-order chi connectivity index (χ0) is 13.1. The first-order chi connectivity index (χ1) is 8.61. The van der Waals surface area contributed by atoms with Crippen LogP contribution in [0.25, 0.3) is 11.1 Å². The molecule has 0 bridgehead atoms. The summed E-state index contributed by atoms with van der Waals surface area (Å²) in [6, 6.07) is 10.7. The van der Waals surface area contributed by atoms with Gasteiger partial charge in [-0.25, -0.2) is 4.98 Å². The van der Waals surface area contributed by atoms with E-state index in [-0.39, 0.29) is 6.42 Å². The molecule has 2 rings (SSSR count). The predicted octanol–water partition coefficient (Wildman–Crippen LogP) is 3.70. The van der Waals surface area contributed by atoms with Gasteiger partial charge in [0.05, 0.1) is 18.2 Å². The molecule has 0 amide bonds. The van der Waals surface area contributed by atoms with E-state index in [1.54, 1.807) is 30.3 Å². The SMILES string of the molecule is N#CCc1nc(N)ccc1-c1cc(Cl)ccc1Cl. The van der Waals surface area contributed by atoms with Crippen LogP contribution < -0.4 is 5.73 Å². The van der Waals surface area contributed by atoms with Crippen LogP contribution >= 0.6 is 23.2 Å². The van der Waals surface area contributed by atoms with Gasteiger partial charge in [-0.05, 0) is 30.3 Å². The summed E-state index contributed by atoms with van der Waals surface area (Å²) in [5.74, 6) is 0.377. The van der Waals surface area contributed by atoms with Gasteiger partial charge >= 0.3 is 0 Å². The van der Waals surface area contributed by atoms with Gasteiger partial charge in [0.15, 0.2) is 0 Å². The first kappa shape index (κ1) is 12.7. The average Bonchev–Trinajstić information content (AvgIpc) is 2.33. The Morgan fingerprint density at radius 3 is 2.67 bits per heavy atom. The minimum Gasteiger partial charge on any atom is -0.384 e. The third kappa shape index (κ3) is 2.56. The lowest BCUT2D eigenvalue weighted by molar-refractivity contribution is 1.13. The summed E-state index contributed by atoms with van der Waals surface area (Å²) in [4.78, 5) is 4.16. The van der Waals surface area contributed by atoms with E-state index in [1.165, 1.54) is 0 Å². The average molecular weight is 278 g/mol. The zero-order valence-electron chi connectivity index (χ0n) is 9.32. The predicted molar refractivity (Wildman–Crippen MR) is 73.4 cm³/mol. The number of nitriles is 1. The molecule has 2 N–H and O–H groups in total. The third-order valence-corrected chi connectivity index (χ3v) is 3.03. The smallest absolute Gasteiger partial charge is 0.123 e. The summed E-state index contributed by atoms with van der Waals surface area (Å²) in [5, 5.41) is 9.95. The van der Waals surface area contributed by atoms with Gasteiger partial charge in [-0.1, -0.05) is 23.2 Å². The first-order valence-electron chi connectivity index (χ1n) is 5.19. The molecule has 0 atom stereocenters. The van der Waals surface area contributed by atoms with E-state index >= 15 is 0 Å². The normalized spacial score (nSPS) is 10.1. The van der Waals surface area contributed by atoms with Gasteiger partial charge < -0.3 is 5.73 Å². The number of anilines is 1. The van der Waals surface area contributed by atoms with Crippen LogP contribution in [-0.4, -0.2) is 4.98 Å². The molecular formula is C13H9Cl2N3. The summed E-state index contributed by atoms with van der Waals surface area (Å²) >= 11 is 12.1. The highest BCUT2D eigenvalue weighted by molar-refractivity contribution is 6.35. The lowest BCUT2D eigenvalue weighted by Gasteiger charge is -2.09. The van der Waals surface area contributed by atoms with Gasteiger partial charge in [0, 0.05) is 21.2 Å². The minimum absolute atomic E-state index is 0.170. The fraction of sp³-hybridized carbons (Fsp3) is 0.0769. The molecule has 18 heavy (non-hydrogen) atoms. The van der Waals surface area contributed by atoms with Crippen molar-refractivity contribution in [1.82, 2.24) is 4.98 Å². The molecule has 0 spiro atoms. The fourth-order valence-electron chi connectivity index (χ4n) is 1.68. The summed E-state index contributed by atoms with van der Waals surface area (Å²) < 4.78 is 0.